The second-order valence-electron chi connectivity index (χ2n) is 7.89. The lowest BCUT2D eigenvalue weighted by Gasteiger charge is -2.29. The van der Waals surface area contributed by atoms with Crippen molar-refractivity contribution in [1.29, 1.82) is 0 Å². The average Bonchev–Trinajstić information content (AvgIpc) is 2.74. The van der Waals surface area contributed by atoms with Gasteiger partial charge in [-0.3, -0.25) is 18.8 Å². The number of esters is 1. The molecule has 0 aliphatic rings. The smallest absolute Gasteiger partial charge is 0.344 e. The van der Waals surface area contributed by atoms with E-state index in [0.717, 1.165) is 51.4 Å². The van der Waals surface area contributed by atoms with Crippen molar-refractivity contribution in [3.63, 3.8) is 0 Å². The van der Waals surface area contributed by atoms with Crippen molar-refractivity contribution < 1.29 is 36.8 Å². The van der Waals surface area contributed by atoms with Gasteiger partial charge in [0, 0.05) is 0 Å². The maximum atomic E-state index is 13.5. The van der Waals surface area contributed by atoms with E-state index in [0.29, 0.717) is 0 Å². The van der Waals surface area contributed by atoms with E-state index >= 15 is 0 Å². The number of nitrogens with zero attached hydrogens (tertiary/aromatic N) is 1. The lowest BCUT2D eigenvalue weighted by atomic mass is 10.4. The third-order valence-corrected chi connectivity index (χ3v) is 8.34. The van der Waals surface area contributed by atoms with Crippen molar-refractivity contribution >= 4 is 21.2 Å². The monoisotopic (exact) mass is 515 g/mol. The molecule has 0 saturated carbocycles. The highest BCUT2D eigenvalue weighted by Gasteiger charge is 2.35. The van der Waals surface area contributed by atoms with Crippen molar-refractivity contribution in [3.05, 3.63) is 0 Å². The normalized spacial score (nSPS) is 12.4. The molecule has 0 rings (SSSR count). The Morgan fingerprint density at radius 2 is 0.970 bits per heavy atom. The molecule has 11 heteroatoms. The summed E-state index contributed by atoms with van der Waals surface area (Å²) in [6, 6.07) is 0. The molecule has 0 aliphatic heterocycles. The zero-order chi connectivity index (χ0) is 25.0. The van der Waals surface area contributed by atoms with Crippen LogP contribution in [0.4, 0.5) is 0 Å². The molecule has 0 aromatic heterocycles. The fourth-order valence-electron chi connectivity index (χ4n) is 2.65. The highest BCUT2D eigenvalue weighted by molar-refractivity contribution is 7.54. The molecule has 0 unspecified atom stereocenters. The van der Waals surface area contributed by atoms with Crippen LogP contribution >= 0.6 is 15.2 Å². The number of ether oxygens (including phenoxy) is 1. The quantitative estimate of drug-likeness (QED) is 0.0867. The molecular formula is C22H47NO8P2. The topological polar surface area (TPSA) is 101 Å². The number of carbonyl (C=O) groups excluding carboxylic acids is 1. The Morgan fingerprint density at radius 1 is 0.636 bits per heavy atom. The van der Waals surface area contributed by atoms with Crippen molar-refractivity contribution in [2.24, 2.45) is 0 Å². The molecule has 0 aliphatic carbocycles. The summed E-state index contributed by atoms with van der Waals surface area (Å²) >= 11 is 0. The molecule has 9 nitrogen and oxygen atoms in total. The summed E-state index contributed by atoms with van der Waals surface area (Å²) in [4.78, 5) is 13.7. The van der Waals surface area contributed by atoms with Crippen molar-refractivity contribution in [3.8, 4) is 0 Å². The minimum absolute atomic E-state index is 0.197. The summed E-state index contributed by atoms with van der Waals surface area (Å²) in [6.45, 7) is 10.9. The summed E-state index contributed by atoms with van der Waals surface area (Å²) < 4.78 is 54.8. The molecule has 198 valence electrons. The molecule has 0 saturated heterocycles. The van der Waals surface area contributed by atoms with Crippen LogP contribution < -0.4 is 0 Å². The molecule has 0 bridgehead atoms. The molecule has 0 atom stereocenters. The van der Waals surface area contributed by atoms with Gasteiger partial charge in [0.05, 0.1) is 39.6 Å². The highest BCUT2D eigenvalue weighted by atomic mass is 31.2. The van der Waals surface area contributed by atoms with Gasteiger partial charge in [-0.25, -0.2) is 0 Å². The average molecular weight is 516 g/mol. The molecule has 0 fully saturated rings. The molecule has 0 aromatic carbocycles. The lowest BCUT2D eigenvalue weighted by Crippen LogP contribution is -2.34. The maximum absolute atomic E-state index is 13.5. The van der Waals surface area contributed by atoms with Crippen LogP contribution in [-0.4, -0.2) is 63.0 Å². The van der Waals surface area contributed by atoms with Crippen LogP contribution in [0.25, 0.3) is 0 Å². The first-order valence-electron chi connectivity index (χ1n) is 12.4. The van der Waals surface area contributed by atoms with E-state index in [-0.39, 0.29) is 52.2 Å². The van der Waals surface area contributed by atoms with Gasteiger partial charge in [0.2, 0.25) is 0 Å². The maximum Gasteiger partial charge on any atom is 0.344 e. The van der Waals surface area contributed by atoms with Crippen LogP contribution in [0.5, 0.6) is 0 Å². The van der Waals surface area contributed by atoms with Gasteiger partial charge < -0.3 is 22.8 Å². The van der Waals surface area contributed by atoms with E-state index in [1.807, 2.05) is 27.7 Å². The van der Waals surface area contributed by atoms with Crippen LogP contribution in [-0.2, 0) is 36.8 Å². The van der Waals surface area contributed by atoms with Gasteiger partial charge in [-0.1, -0.05) is 53.4 Å². The summed E-state index contributed by atoms with van der Waals surface area (Å²) in [5.74, 6) is -0.514. The Kier molecular flexibility index (Phi) is 19.8. The largest absolute Gasteiger partial charge is 0.465 e. The second-order valence-corrected chi connectivity index (χ2v) is 11.9. The minimum Gasteiger partial charge on any atom is -0.465 e. The molecule has 0 radical (unpaired) electrons. The molecule has 0 amide bonds. The zero-order valence-electron chi connectivity index (χ0n) is 21.4. The summed E-state index contributed by atoms with van der Waals surface area (Å²) in [7, 11) is -7.15. The van der Waals surface area contributed by atoms with Crippen LogP contribution in [0.2, 0.25) is 0 Å². The SMILES string of the molecule is CCCCOP(=O)(CN(CC(=O)OCC)CP(=O)(OCCCC)OCCCC)OCCCC. The minimum atomic E-state index is -3.57. The Balaban J connectivity index is 5.62. The van der Waals surface area contributed by atoms with Gasteiger partial charge in [0.1, 0.15) is 12.6 Å². The standard InChI is InChI=1S/C22H47NO8P2/c1-6-11-15-28-32(25,29-16-12-7-2)20-23(19-22(24)27-10-5)21-33(26,30-17-13-8-3)31-18-14-9-4/h6-21H2,1-5H3. The van der Waals surface area contributed by atoms with Crippen LogP contribution in [0, 0.1) is 0 Å². The van der Waals surface area contributed by atoms with E-state index < -0.39 is 21.2 Å². The molecule has 0 heterocycles. The predicted molar refractivity (Wildman–Crippen MR) is 132 cm³/mol. The third-order valence-electron chi connectivity index (χ3n) is 4.55. The fourth-order valence-corrected chi connectivity index (χ4v) is 6.30. The lowest BCUT2D eigenvalue weighted by molar-refractivity contribution is -0.144. The third kappa shape index (κ3) is 16.9. The predicted octanol–water partition coefficient (Wildman–Crippen LogP) is 6.42. The first kappa shape index (κ1) is 32.7. The van der Waals surface area contributed by atoms with Crippen LogP contribution in [0.15, 0.2) is 0 Å². The molecule has 0 aromatic rings. The van der Waals surface area contributed by atoms with Gasteiger partial charge in [-0.05, 0) is 32.6 Å². The summed E-state index contributed by atoms with van der Waals surface area (Å²) in [6.07, 6.45) is 6.07. The van der Waals surface area contributed by atoms with Gasteiger partial charge in [0.15, 0.2) is 0 Å². The van der Waals surface area contributed by atoms with Crippen LogP contribution in [0.3, 0.4) is 0 Å². The molecule has 0 spiro atoms. The van der Waals surface area contributed by atoms with Gasteiger partial charge >= 0.3 is 21.2 Å². The van der Waals surface area contributed by atoms with E-state index in [4.69, 9.17) is 22.8 Å². The number of unbranched alkanes of at least 4 members (excludes halogenated alkanes) is 4. The fraction of sp³-hybridized carbons (Fsp3) is 0.955. The van der Waals surface area contributed by atoms with Gasteiger partial charge in [0.25, 0.3) is 0 Å². The van der Waals surface area contributed by atoms with E-state index in [2.05, 4.69) is 0 Å². The first-order chi connectivity index (χ1) is 15.8. The van der Waals surface area contributed by atoms with Gasteiger partial charge in [-0.2, -0.15) is 0 Å². The Morgan fingerprint density at radius 3 is 1.24 bits per heavy atom. The van der Waals surface area contributed by atoms with Crippen molar-refractivity contribution in [2.75, 3.05) is 52.2 Å². The number of hydrogen-bond donors (Lipinski definition) is 0. The Hall–Kier alpha value is -0.270. The zero-order valence-corrected chi connectivity index (χ0v) is 23.2. The molecule has 0 N–H and O–H groups in total. The number of carbonyl (C=O) groups is 1. The second kappa shape index (κ2) is 20.0. The Bertz CT molecular complexity index is 523. The van der Waals surface area contributed by atoms with Crippen molar-refractivity contribution in [1.82, 2.24) is 4.90 Å². The summed E-state index contributed by atoms with van der Waals surface area (Å²) in [5, 5.41) is 0. The van der Waals surface area contributed by atoms with E-state index in [9.17, 15) is 13.9 Å². The highest BCUT2D eigenvalue weighted by Crippen LogP contribution is 2.53. The van der Waals surface area contributed by atoms with Crippen molar-refractivity contribution in [2.45, 2.75) is 86.0 Å². The molecule has 33 heavy (non-hydrogen) atoms. The molecular weight excluding hydrogens is 468 g/mol. The number of rotatable bonds is 23. The Labute approximate surface area is 201 Å². The van der Waals surface area contributed by atoms with Gasteiger partial charge in [-0.15, -0.1) is 0 Å². The van der Waals surface area contributed by atoms with E-state index in [1.165, 1.54) is 4.90 Å². The first-order valence-corrected chi connectivity index (χ1v) is 15.9. The number of hydrogen-bond acceptors (Lipinski definition) is 9. The van der Waals surface area contributed by atoms with E-state index in [1.54, 1.807) is 6.92 Å². The van der Waals surface area contributed by atoms with Crippen LogP contribution in [0.1, 0.15) is 86.0 Å². The summed E-state index contributed by atoms with van der Waals surface area (Å²) in [5.41, 5.74) is 0.